The van der Waals surface area contributed by atoms with Gasteiger partial charge in [-0.05, 0) is 55.8 Å². The maximum atomic E-state index is 3.43. The molecule has 1 saturated heterocycles. The van der Waals surface area contributed by atoms with E-state index in [0.29, 0.717) is 0 Å². The molecule has 2 nitrogen and oxygen atoms in total. The Balaban J connectivity index is 1.69. The average Bonchev–Trinajstić information content (AvgIpc) is 2.80. The molecule has 1 aromatic rings. The van der Waals surface area contributed by atoms with Crippen LogP contribution in [0, 0.1) is 5.92 Å². The summed E-state index contributed by atoms with van der Waals surface area (Å²) in [5.41, 5.74) is 4.34. The summed E-state index contributed by atoms with van der Waals surface area (Å²) in [6.07, 6.45) is 3.90. The lowest BCUT2D eigenvalue weighted by Crippen LogP contribution is -2.39. The van der Waals surface area contributed by atoms with Gasteiger partial charge in [-0.25, -0.2) is 0 Å². The van der Waals surface area contributed by atoms with Crippen LogP contribution in [0.15, 0.2) is 18.2 Å². The smallest absolute Gasteiger partial charge is 0.0373 e. The molecule has 0 bridgehead atoms. The minimum atomic E-state index is 0.736. The number of hydrogen-bond donors (Lipinski definition) is 1. The van der Waals surface area contributed by atoms with E-state index >= 15 is 0 Å². The number of fused-ring (bicyclic) bond motifs is 1. The average molecular weight is 244 g/mol. The van der Waals surface area contributed by atoms with Crippen molar-refractivity contribution in [1.29, 1.82) is 0 Å². The zero-order valence-electron chi connectivity index (χ0n) is 11.6. The highest BCUT2D eigenvalue weighted by molar-refractivity contribution is 5.56. The van der Waals surface area contributed by atoms with Gasteiger partial charge in [0.25, 0.3) is 0 Å². The van der Waals surface area contributed by atoms with E-state index in [1.54, 1.807) is 0 Å². The largest absolute Gasteiger partial charge is 0.384 e. The lowest BCUT2D eigenvalue weighted by atomic mass is 9.93. The first-order chi connectivity index (χ1) is 8.72. The highest BCUT2D eigenvalue weighted by Crippen LogP contribution is 2.27. The van der Waals surface area contributed by atoms with Crippen LogP contribution in [0.1, 0.15) is 37.8 Å². The van der Waals surface area contributed by atoms with Crippen LogP contribution in [-0.2, 0) is 13.0 Å². The second-order valence-corrected chi connectivity index (χ2v) is 6.12. The molecule has 98 valence electrons. The van der Waals surface area contributed by atoms with Crippen LogP contribution in [0.2, 0.25) is 0 Å². The summed E-state index contributed by atoms with van der Waals surface area (Å²) in [5, 5.41) is 3.43. The van der Waals surface area contributed by atoms with Gasteiger partial charge in [0, 0.05) is 24.8 Å². The van der Waals surface area contributed by atoms with Gasteiger partial charge in [-0.1, -0.05) is 19.1 Å². The van der Waals surface area contributed by atoms with Crippen LogP contribution >= 0.6 is 0 Å². The van der Waals surface area contributed by atoms with Crippen molar-refractivity contribution >= 4 is 5.69 Å². The van der Waals surface area contributed by atoms with Crippen molar-refractivity contribution in [1.82, 2.24) is 4.90 Å². The summed E-state index contributed by atoms with van der Waals surface area (Å²) in [4.78, 5) is 2.64. The van der Waals surface area contributed by atoms with E-state index in [2.05, 4.69) is 42.3 Å². The van der Waals surface area contributed by atoms with E-state index in [0.717, 1.165) is 25.0 Å². The van der Waals surface area contributed by atoms with E-state index in [1.807, 2.05) is 0 Å². The Morgan fingerprint density at radius 2 is 2.22 bits per heavy atom. The topological polar surface area (TPSA) is 15.3 Å². The second-order valence-electron chi connectivity index (χ2n) is 6.12. The van der Waals surface area contributed by atoms with E-state index in [-0.39, 0.29) is 0 Å². The van der Waals surface area contributed by atoms with E-state index < -0.39 is 0 Å². The lowest BCUT2D eigenvalue weighted by molar-refractivity contribution is 0.122. The number of benzene rings is 1. The first kappa shape index (κ1) is 12.0. The molecule has 0 aromatic heterocycles. The Hall–Kier alpha value is -1.02. The molecule has 0 saturated carbocycles. The molecule has 0 amide bonds. The molecule has 0 radical (unpaired) electrons. The third-order valence-electron chi connectivity index (χ3n) is 4.54. The second kappa shape index (κ2) is 4.93. The molecule has 2 heterocycles. The Bertz CT molecular complexity index is 427. The van der Waals surface area contributed by atoms with Crippen molar-refractivity contribution in [2.75, 3.05) is 18.4 Å². The monoisotopic (exact) mass is 244 g/mol. The minimum Gasteiger partial charge on any atom is -0.384 e. The molecular weight excluding hydrogens is 220 g/mol. The number of hydrogen-bond acceptors (Lipinski definition) is 2. The molecule has 0 aliphatic carbocycles. The van der Waals surface area contributed by atoms with Crippen LogP contribution in [0.5, 0.6) is 0 Å². The fourth-order valence-corrected chi connectivity index (χ4v) is 3.38. The molecule has 2 heteroatoms. The Morgan fingerprint density at radius 1 is 1.33 bits per heavy atom. The standard InChI is InChI=1S/C16H24N2/c1-12-6-8-18(13(2)9-12)11-14-3-4-16-15(10-14)5-7-17-16/h3-4,10,12-13,17H,5-9,11H2,1-2H3. The van der Waals surface area contributed by atoms with Gasteiger partial charge in [0.2, 0.25) is 0 Å². The number of likely N-dealkylation sites (tertiary alicyclic amines) is 1. The number of nitrogens with one attached hydrogen (secondary N) is 1. The zero-order chi connectivity index (χ0) is 12.5. The number of anilines is 1. The molecule has 1 fully saturated rings. The summed E-state index contributed by atoms with van der Waals surface area (Å²) in [5.74, 6) is 0.903. The Kier molecular flexibility index (Phi) is 3.29. The fraction of sp³-hybridized carbons (Fsp3) is 0.625. The summed E-state index contributed by atoms with van der Waals surface area (Å²) >= 11 is 0. The lowest BCUT2D eigenvalue weighted by Gasteiger charge is -2.36. The van der Waals surface area contributed by atoms with Crippen molar-refractivity contribution in [3.63, 3.8) is 0 Å². The van der Waals surface area contributed by atoms with Crippen LogP contribution < -0.4 is 5.32 Å². The third-order valence-corrected chi connectivity index (χ3v) is 4.54. The van der Waals surface area contributed by atoms with Gasteiger partial charge in [0.15, 0.2) is 0 Å². The fourth-order valence-electron chi connectivity index (χ4n) is 3.38. The summed E-state index contributed by atoms with van der Waals surface area (Å²) in [6.45, 7) is 8.26. The van der Waals surface area contributed by atoms with Crippen LogP contribution in [0.4, 0.5) is 5.69 Å². The predicted octanol–water partition coefficient (Wildman–Crippen LogP) is 3.28. The first-order valence-electron chi connectivity index (χ1n) is 7.32. The summed E-state index contributed by atoms with van der Waals surface area (Å²) < 4.78 is 0. The summed E-state index contributed by atoms with van der Waals surface area (Å²) in [6, 6.07) is 7.69. The number of piperidine rings is 1. The highest BCUT2D eigenvalue weighted by Gasteiger charge is 2.23. The van der Waals surface area contributed by atoms with Crippen LogP contribution in [-0.4, -0.2) is 24.0 Å². The molecule has 2 atom stereocenters. The van der Waals surface area contributed by atoms with Crippen LogP contribution in [0.3, 0.4) is 0 Å². The van der Waals surface area contributed by atoms with Gasteiger partial charge in [-0.3, -0.25) is 4.90 Å². The molecule has 2 aliphatic heterocycles. The van der Waals surface area contributed by atoms with Crippen molar-refractivity contribution in [2.24, 2.45) is 5.92 Å². The number of rotatable bonds is 2. The van der Waals surface area contributed by atoms with Gasteiger partial charge in [0.1, 0.15) is 0 Å². The maximum Gasteiger partial charge on any atom is 0.0373 e. The van der Waals surface area contributed by atoms with Crippen molar-refractivity contribution < 1.29 is 0 Å². The zero-order valence-corrected chi connectivity index (χ0v) is 11.6. The minimum absolute atomic E-state index is 0.736. The molecule has 2 aliphatic rings. The Labute approximate surface area is 110 Å². The molecule has 0 spiro atoms. The van der Waals surface area contributed by atoms with Gasteiger partial charge in [-0.15, -0.1) is 0 Å². The van der Waals surface area contributed by atoms with Crippen molar-refractivity contribution in [3.8, 4) is 0 Å². The van der Waals surface area contributed by atoms with Gasteiger partial charge in [-0.2, -0.15) is 0 Å². The molecule has 3 rings (SSSR count). The highest BCUT2D eigenvalue weighted by atomic mass is 15.2. The maximum absolute atomic E-state index is 3.43. The van der Waals surface area contributed by atoms with Gasteiger partial charge < -0.3 is 5.32 Å². The van der Waals surface area contributed by atoms with Crippen LogP contribution in [0.25, 0.3) is 0 Å². The molecule has 2 unspecified atom stereocenters. The Morgan fingerprint density at radius 3 is 3.06 bits per heavy atom. The van der Waals surface area contributed by atoms with Crippen molar-refractivity contribution in [3.05, 3.63) is 29.3 Å². The molecule has 1 aromatic carbocycles. The SMILES string of the molecule is CC1CCN(Cc2ccc3c(c2)CCN3)C(C)C1. The van der Waals surface area contributed by atoms with E-state index in [4.69, 9.17) is 0 Å². The summed E-state index contributed by atoms with van der Waals surface area (Å²) in [7, 11) is 0. The molecule has 18 heavy (non-hydrogen) atoms. The van der Waals surface area contributed by atoms with E-state index in [1.165, 1.54) is 42.6 Å². The van der Waals surface area contributed by atoms with Gasteiger partial charge >= 0.3 is 0 Å². The van der Waals surface area contributed by atoms with Gasteiger partial charge in [0.05, 0.1) is 0 Å². The third kappa shape index (κ3) is 2.39. The molecule has 1 N–H and O–H groups in total. The predicted molar refractivity (Wildman–Crippen MR) is 76.9 cm³/mol. The normalized spacial score (nSPS) is 27.9. The number of nitrogens with zero attached hydrogens (tertiary/aromatic N) is 1. The first-order valence-corrected chi connectivity index (χ1v) is 7.32. The van der Waals surface area contributed by atoms with Crippen molar-refractivity contribution in [2.45, 2.75) is 45.7 Å². The quantitative estimate of drug-likeness (QED) is 0.859. The van der Waals surface area contributed by atoms with E-state index in [9.17, 15) is 0 Å². The molecular formula is C16H24N2.